The van der Waals surface area contributed by atoms with E-state index in [0.717, 1.165) is 9.87 Å². The van der Waals surface area contributed by atoms with Gasteiger partial charge in [-0.05, 0) is 38.0 Å². The Labute approximate surface area is 188 Å². The van der Waals surface area contributed by atoms with Crippen LogP contribution in [0.25, 0.3) is 0 Å². The molecule has 0 bridgehead atoms. The van der Waals surface area contributed by atoms with E-state index in [4.69, 9.17) is 0 Å². The molecule has 0 fully saturated rings. The zero-order chi connectivity index (χ0) is 23.3. The van der Waals surface area contributed by atoms with E-state index in [9.17, 15) is 22.8 Å². The number of carbonyl (C=O) groups excluding carboxylic acids is 3. The molecule has 2 aromatic rings. The maximum atomic E-state index is 13.1. The second kappa shape index (κ2) is 9.95. The summed E-state index contributed by atoms with van der Waals surface area (Å²) in [6, 6.07) is 14.8. The molecule has 0 aromatic heterocycles. The summed E-state index contributed by atoms with van der Waals surface area (Å²) in [7, 11) is -3.98. The van der Waals surface area contributed by atoms with Crippen LogP contribution in [0.4, 0.5) is 0 Å². The van der Waals surface area contributed by atoms with Crippen molar-refractivity contribution >= 4 is 27.7 Å². The lowest BCUT2D eigenvalue weighted by Gasteiger charge is -2.29. The molecule has 8 nitrogen and oxygen atoms in total. The number of hydrogen-bond donors (Lipinski definition) is 1. The first-order valence-corrected chi connectivity index (χ1v) is 12.0. The fraction of sp³-hybridized carbons (Fsp3) is 0.348. The third kappa shape index (κ3) is 4.83. The molecule has 0 spiro atoms. The highest BCUT2D eigenvalue weighted by molar-refractivity contribution is 7.90. The van der Waals surface area contributed by atoms with Crippen molar-refractivity contribution in [1.82, 2.24) is 14.5 Å². The maximum absolute atomic E-state index is 13.1. The van der Waals surface area contributed by atoms with Gasteiger partial charge in [-0.1, -0.05) is 42.5 Å². The van der Waals surface area contributed by atoms with Gasteiger partial charge in [-0.3, -0.25) is 14.4 Å². The molecule has 170 valence electrons. The molecule has 3 amide bonds. The van der Waals surface area contributed by atoms with Crippen LogP contribution in [-0.2, 0) is 26.0 Å². The predicted octanol–water partition coefficient (Wildman–Crippen LogP) is 1.82. The second-order valence-corrected chi connectivity index (χ2v) is 9.35. The minimum Gasteiger partial charge on any atom is -0.355 e. The van der Waals surface area contributed by atoms with Gasteiger partial charge < -0.3 is 10.2 Å². The molecular formula is C23H27N3O5S. The van der Waals surface area contributed by atoms with Crippen LogP contribution in [0.2, 0.25) is 0 Å². The summed E-state index contributed by atoms with van der Waals surface area (Å²) < 4.78 is 26.2. The highest BCUT2D eigenvalue weighted by atomic mass is 32.2. The van der Waals surface area contributed by atoms with E-state index >= 15 is 0 Å². The van der Waals surface area contributed by atoms with E-state index < -0.39 is 27.9 Å². The standard InChI is InChI=1S/C23H27N3O5S/c1-3-24-22(28)17(2)25(15-13-18-9-5-4-6-10-18)21(27)14-16-26-23(29)19-11-7-8-12-20(19)32(26,30)31/h4-12,17H,3,13-16H2,1-2H3,(H,24,28)/t17-/m1/s1. The van der Waals surface area contributed by atoms with Gasteiger partial charge in [-0.2, -0.15) is 0 Å². The maximum Gasteiger partial charge on any atom is 0.269 e. The van der Waals surface area contributed by atoms with Gasteiger partial charge in [0, 0.05) is 26.1 Å². The molecule has 0 aliphatic carbocycles. The number of hydrogen-bond acceptors (Lipinski definition) is 5. The van der Waals surface area contributed by atoms with Gasteiger partial charge in [0.25, 0.3) is 15.9 Å². The highest BCUT2D eigenvalue weighted by Gasteiger charge is 2.41. The first kappa shape index (κ1) is 23.5. The van der Waals surface area contributed by atoms with Crippen molar-refractivity contribution in [2.45, 2.75) is 37.6 Å². The van der Waals surface area contributed by atoms with Crippen molar-refractivity contribution in [2.24, 2.45) is 0 Å². The number of carbonyl (C=O) groups is 3. The van der Waals surface area contributed by atoms with E-state index in [2.05, 4.69) is 5.32 Å². The molecule has 2 aromatic carbocycles. The zero-order valence-electron chi connectivity index (χ0n) is 18.2. The molecule has 1 atom stereocenters. The molecule has 1 N–H and O–H groups in total. The van der Waals surface area contributed by atoms with Crippen LogP contribution in [0.15, 0.2) is 59.5 Å². The Morgan fingerprint density at radius 2 is 1.72 bits per heavy atom. The van der Waals surface area contributed by atoms with Crippen molar-refractivity contribution in [1.29, 1.82) is 0 Å². The number of nitrogens with one attached hydrogen (secondary N) is 1. The quantitative estimate of drug-likeness (QED) is 0.619. The van der Waals surface area contributed by atoms with Crippen molar-refractivity contribution in [3.8, 4) is 0 Å². The number of sulfonamides is 1. The average molecular weight is 458 g/mol. The van der Waals surface area contributed by atoms with Gasteiger partial charge in [0.1, 0.15) is 10.9 Å². The molecule has 0 saturated carbocycles. The van der Waals surface area contributed by atoms with E-state index in [-0.39, 0.29) is 29.3 Å². The molecule has 9 heteroatoms. The van der Waals surface area contributed by atoms with Crippen LogP contribution in [0.5, 0.6) is 0 Å². The molecule has 1 heterocycles. The van der Waals surface area contributed by atoms with Crippen molar-refractivity contribution in [2.75, 3.05) is 19.6 Å². The fourth-order valence-corrected chi connectivity index (χ4v) is 5.25. The molecule has 1 aliphatic rings. The topological polar surface area (TPSA) is 104 Å². The van der Waals surface area contributed by atoms with Crippen molar-refractivity contribution < 1.29 is 22.8 Å². The van der Waals surface area contributed by atoms with Gasteiger partial charge in [0.15, 0.2) is 0 Å². The summed E-state index contributed by atoms with van der Waals surface area (Å²) in [6.45, 7) is 3.88. The van der Waals surface area contributed by atoms with Crippen LogP contribution in [0.1, 0.15) is 36.2 Å². The first-order valence-electron chi connectivity index (χ1n) is 10.5. The van der Waals surface area contributed by atoms with E-state index in [1.165, 1.54) is 17.0 Å². The van der Waals surface area contributed by atoms with Gasteiger partial charge in [-0.25, -0.2) is 12.7 Å². The van der Waals surface area contributed by atoms with Gasteiger partial charge in [0.2, 0.25) is 11.8 Å². The molecule has 32 heavy (non-hydrogen) atoms. The number of benzene rings is 2. The highest BCUT2D eigenvalue weighted by Crippen LogP contribution is 2.30. The largest absolute Gasteiger partial charge is 0.355 e. The average Bonchev–Trinajstić information content (AvgIpc) is 2.98. The molecule has 0 radical (unpaired) electrons. The molecule has 0 saturated heterocycles. The van der Waals surface area contributed by atoms with E-state index in [0.29, 0.717) is 19.5 Å². The minimum atomic E-state index is -3.98. The lowest BCUT2D eigenvalue weighted by atomic mass is 10.1. The monoisotopic (exact) mass is 457 g/mol. The van der Waals surface area contributed by atoms with E-state index in [1.54, 1.807) is 26.0 Å². The van der Waals surface area contributed by atoms with Crippen molar-refractivity contribution in [3.63, 3.8) is 0 Å². The van der Waals surface area contributed by atoms with Gasteiger partial charge in [-0.15, -0.1) is 0 Å². The Kier molecular flexibility index (Phi) is 7.29. The molecular weight excluding hydrogens is 430 g/mol. The fourth-order valence-electron chi connectivity index (χ4n) is 3.69. The van der Waals surface area contributed by atoms with Gasteiger partial charge >= 0.3 is 0 Å². The Morgan fingerprint density at radius 1 is 1.06 bits per heavy atom. The molecule has 1 aliphatic heterocycles. The molecule has 0 unspecified atom stereocenters. The van der Waals surface area contributed by atoms with Crippen LogP contribution < -0.4 is 5.32 Å². The summed E-state index contributed by atoms with van der Waals surface area (Å²) in [5.41, 5.74) is 1.12. The number of nitrogens with zero attached hydrogens (tertiary/aromatic N) is 2. The Morgan fingerprint density at radius 3 is 2.38 bits per heavy atom. The van der Waals surface area contributed by atoms with Crippen LogP contribution in [0, 0.1) is 0 Å². The SMILES string of the molecule is CCNC(=O)[C@@H](C)N(CCc1ccccc1)C(=O)CCN1C(=O)c2ccccc2S1(=O)=O. The Hall–Kier alpha value is -3.20. The summed E-state index contributed by atoms with van der Waals surface area (Å²) >= 11 is 0. The van der Waals surface area contributed by atoms with Crippen LogP contribution in [0.3, 0.4) is 0 Å². The normalized spacial score (nSPS) is 15.2. The van der Waals surface area contributed by atoms with E-state index in [1.807, 2.05) is 30.3 Å². The summed E-state index contributed by atoms with van der Waals surface area (Å²) in [4.78, 5) is 39.5. The molecule has 3 rings (SSSR count). The van der Waals surface area contributed by atoms with Gasteiger partial charge in [0.05, 0.1) is 5.56 Å². The third-order valence-corrected chi connectivity index (χ3v) is 7.28. The number of amides is 3. The third-order valence-electron chi connectivity index (χ3n) is 5.44. The zero-order valence-corrected chi connectivity index (χ0v) is 19.0. The Bertz CT molecular complexity index is 1100. The lowest BCUT2D eigenvalue weighted by Crippen LogP contribution is -2.49. The number of fused-ring (bicyclic) bond motifs is 1. The summed E-state index contributed by atoms with van der Waals surface area (Å²) in [6.07, 6.45) is 0.334. The first-order chi connectivity index (χ1) is 15.3. The number of likely N-dealkylation sites (N-methyl/N-ethyl adjacent to an activating group) is 1. The van der Waals surface area contributed by atoms with Crippen LogP contribution >= 0.6 is 0 Å². The predicted molar refractivity (Wildman–Crippen MR) is 119 cm³/mol. The van der Waals surface area contributed by atoms with Crippen molar-refractivity contribution in [3.05, 3.63) is 65.7 Å². The Balaban J connectivity index is 1.73. The summed E-state index contributed by atoms with van der Waals surface area (Å²) in [5.74, 6) is -1.31. The minimum absolute atomic E-state index is 0.0472. The lowest BCUT2D eigenvalue weighted by molar-refractivity contribution is -0.139. The number of rotatable bonds is 9. The summed E-state index contributed by atoms with van der Waals surface area (Å²) in [5, 5.41) is 2.71. The smallest absolute Gasteiger partial charge is 0.269 e. The van der Waals surface area contributed by atoms with Crippen LogP contribution in [-0.4, -0.2) is 61.0 Å². The second-order valence-electron chi connectivity index (χ2n) is 7.52.